The van der Waals surface area contributed by atoms with Crippen molar-refractivity contribution in [2.45, 2.75) is 19.9 Å². The molecule has 0 bridgehead atoms. The smallest absolute Gasteiger partial charge is 0.238 e. The van der Waals surface area contributed by atoms with E-state index in [0.717, 1.165) is 48.2 Å². The van der Waals surface area contributed by atoms with Crippen molar-refractivity contribution in [1.29, 1.82) is 0 Å². The second kappa shape index (κ2) is 8.18. The lowest BCUT2D eigenvalue weighted by Crippen LogP contribution is -2.49. The van der Waals surface area contributed by atoms with Crippen molar-refractivity contribution in [3.05, 3.63) is 59.9 Å². The molecule has 1 atom stereocenters. The molecule has 4 rings (SSSR count). The summed E-state index contributed by atoms with van der Waals surface area (Å²) < 4.78 is 3.88. The van der Waals surface area contributed by atoms with Gasteiger partial charge in [0.25, 0.3) is 0 Å². The van der Waals surface area contributed by atoms with Crippen molar-refractivity contribution in [1.82, 2.24) is 29.5 Å². The number of hydrogen-bond donors (Lipinski definition) is 2. The first-order valence-electron chi connectivity index (χ1n) is 9.88. The molecule has 1 saturated heterocycles. The summed E-state index contributed by atoms with van der Waals surface area (Å²) in [5.74, 6) is 0.930. The number of anilines is 1. The molecule has 3 aromatic rings. The molecule has 1 aromatic carbocycles. The molecule has 8 nitrogen and oxygen atoms in total. The fourth-order valence-electron chi connectivity index (χ4n) is 3.90. The summed E-state index contributed by atoms with van der Waals surface area (Å²) in [6, 6.07) is 10.0. The van der Waals surface area contributed by atoms with Gasteiger partial charge in [-0.15, -0.1) is 0 Å². The molecule has 0 aliphatic carbocycles. The van der Waals surface area contributed by atoms with Gasteiger partial charge in [0, 0.05) is 39.1 Å². The normalized spacial score (nSPS) is 17.4. The van der Waals surface area contributed by atoms with E-state index in [1.165, 1.54) is 0 Å². The second-order valence-electron chi connectivity index (χ2n) is 7.43. The van der Waals surface area contributed by atoms with Gasteiger partial charge in [-0.25, -0.2) is 9.67 Å². The minimum Gasteiger partial charge on any atom is -0.337 e. The lowest BCUT2D eigenvalue weighted by Gasteiger charge is -2.35. The van der Waals surface area contributed by atoms with E-state index in [9.17, 15) is 4.79 Å². The molecule has 1 aliphatic heterocycles. The van der Waals surface area contributed by atoms with Crippen LogP contribution in [0, 0.1) is 13.8 Å². The van der Waals surface area contributed by atoms with E-state index < -0.39 is 0 Å². The van der Waals surface area contributed by atoms with Crippen molar-refractivity contribution in [2.75, 3.05) is 31.5 Å². The molecule has 2 N–H and O–H groups in total. The summed E-state index contributed by atoms with van der Waals surface area (Å²) in [6.07, 6.45) is 3.74. The van der Waals surface area contributed by atoms with Crippen LogP contribution in [-0.2, 0) is 11.8 Å². The molecule has 8 heteroatoms. The summed E-state index contributed by atoms with van der Waals surface area (Å²) in [5, 5.41) is 11.1. The molecule has 0 saturated carbocycles. The summed E-state index contributed by atoms with van der Waals surface area (Å²) in [7, 11) is 1.99. The number of carbonyl (C=O) groups is 1. The van der Waals surface area contributed by atoms with Crippen LogP contribution in [0.1, 0.15) is 23.3 Å². The topological polar surface area (TPSA) is 80.0 Å². The van der Waals surface area contributed by atoms with E-state index >= 15 is 0 Å². The van der Waals surface area contributed by atoms with Gasteiger partial charge in [-0.2, -0.15) is 5.10 Å². The third-order valence-corrected chi connectivity index (χ3v) is 5.41. The van der Waals surface area contributed by atoms with Crippen molar-refractivity contribution >= 4 is 11.6 Å². The average molecular weight is 393 g/mol. The van der Waals surface area contributed by atoms with Gasteiger partial charge in [-0.1, -0.05) is 18.2 Å². The number of nitrogens with one attached hydrogen (secondary N) is 2. The predicted octanol–water partition coefficient (Wildman–Crippen LogP) is 1.81. The molecule has 152 valence electrons. The Bertz CT molecular complexity index is 992. The number of nitrogens with zero attached hydrogens (tertiary/aromatic N) is 5. The highest BCUT2D eigenvalue weighted by Gasteiger charge is 2.28. The number of para-hydroxylation sites is 1. The molecule has 1 amide bonds. The number of aryl methyl sites for hydroxylation is 2. The highest BCUT2D eigenvalue weighted by molar-refractivity contribution is 5.93. The molecule has 1 unspecified atom stereocenters. The summed E-state index contributed by atoms with van der Waals surface area (Å²) in [4.78, 5) is 19.6. The minimum absolute atomic E-state index is 0.0371. The Morgan fingerprint density at radius 2 is 2.07 bits per heavy atom. The van der Waals surface area contributed by atoms with Crippen LogP contribution in [0.5, 0.6) is 0 Å². The number of hydrogen-bond acceptors (Lipinski definition) is 5. The zero-order valence-electron chi connectivity index (χ0n) is 17.1. The van der Waals surface area contributed by atoms with Gasteiger partial charge in [-0.3, -0.25) is 9.69 Å². The van der Waals surface area contributed by atoms with Crippen molar-refractivity contribution in [3.8, 4) is 5.69 Å². The molecule has 2 aromatic heterocycles. The fraction of sp³-hybridized carbons (Fsp3) is 0.381. The Morgan fingerprint density at radius 1 is 1.28 bits per heavy atom. The quantitative estimate of drug-likeness (QED) is 0.691. The maximum atomic E-state index is 12.9. The van der Waals surface area contributed by atoms with E-state index in [1.807, 2.05) is 66.7 Å². The first-order valence-corrected chi connectivity index (χ1v) is 9.88. The van der Waals surface area contributed by atoms with Crippen LogP contribution in [-0.4, -0.2) is 56.3 Å². The molecule has 0 spiro atoms. The Hall–Kier alpha value is -2.97. The van der Waals surface area contributed by atoms with Gasteiger partial charge >= 0.3 is 0 Å². The minimum atomic E-state index is -0.0371. The third kappa shape index (κ3) is 3.94. The van der Waals surface area contributed by atoms with Crippen LogP contribution in [0.3, 0.4) is 0 Å². The van der Waals surface area contributed by atoms with Gasteiger partial charge in [0.1, 0.15) is 5.82 Å². The summed E-state index contributed by atoms with van der Waals surface area (Å²) >= 11 is 0. The van der Waals surface area contributed by atoms with Crippen molar-refractivity contribution in [2.24, 2.45) is 7.05 Å². The molecular weight excluding hydrogens is 366 g/mol. The number of amides is 1. The van der Waals surface area contributed by atoms with Crippen molar-refractivity contribution in [3.63, 3.8) is 0 Å². The van der Waals surface area contributed by atoms with Gasteiger partial charge in [0.15, 0.2) is 0 Å². The Kier molecular flexibility index (Phi) is 5.46. The van der Waals surface area contributed by atoms with Gasteiger partial charge in [0.05, 0.1) is 35.3 Å². The van der Waals surface area contributed by atoms with E-state index in [0.29, 0.717) is 6.54 Å². The molecule has 1 fully saturated rings. The number of piperazine rings is 1. The Morgan fingerprint density at radius 3 is 2.79 bits per heavy atom. The molecule has 3 heterocycles. The molecule has 0 radical (unpaired) electrons. The standard InChI is InChI=1S/C21H27N7O/c1-15-20(16(2)28(25-15)17-7-5-4-6-8-17)24-19(29)14-27-12-9-22-13-18(27)21-23-10-11-26(21)3/h4-8,10-11,18,22H,9,12-14H2,1-3H3,(H,24,29). The first kappa shape index (κ1) is 19.4. The zero-order chi connectivity index (χ0) is 20.4. The SMILES string of the molecule is Cc1nn(-c2ccccc2)c(C)c1NC(=O)CN1CCNCC1c1nccn1C. The van der Waals surface area contributed by atoms with Crippen LogP contribution in [0.25, 0.3) is 5.69 Å². The average Bonchev–Trinajstić information content (AvgIpc) is 3.27. The number of rotatable bonds is 5. The highest BCUT2D eigenvalue weighted by Crippen LogP contribution is 2.24. The second-order valence-corrected chi connectivity index (χ2v) is 7.43. The van der Waals surface area contributed by atoms with E-state index in [-0.39, 0.29) is 11.9 Å². The Labute approximate surface area is 170 Å². The molecule has 29 heavy (non-hydrogen) atoms. The maximum Gasteiger partial charge on any atom is 0.238 e. The first-order chi connectivity index (χ1) is 14.0. The Balaban J connectivity index is 1.50. The molecule has 1 aliphatic rings. The van der Waals surface area contributed by atoms with E-state index in [2.05, 4.69) is 25.6 Å². The maximum absolute atomic E-state index is 12.9. The summed E-state index contributed by atoms with van der Waals surface area (Å²) in [6.45, 7) is 6.65. The lowest BCUT2D eigenvalue weighted by molar-refractivity contribution is -0.118. The third-order valence-electron chi connectivity index (χ3n) is 5.41. The van der Waals surface area contributed by atoms with Crippen molar-refractivity contribution < 1.29 is 4.79 Å². The number of carbonyl (C=O) groups excluding carboxylic acids is 1. The van der Waals surface area contributed by atoms with Gasteiger partial charge in [-0.05, 0) is 26.0 Å². The zero-order valence-corrected chi connectivity index (χ0v) is 17.1. The highest BCUT2D eigenvalue weighted by atomic mass is 16.2. The number of aromatic nitrogens is 4. The fourth-order valence-corrected chi connectivity index (χ4v) is 3.90. The van der Waals surface area contributed by atoms with E-state index in [4.69, 9.17) is 0 Å². The van der Waals surface area contributed by atoms with Crippen LogP contribution in [0.2, 0.25) is 0 Å². The lowest BCUT2D eigenvalue weighted by atomic mass is 10.1. The van der Waals surface area contributed by atoms with Crippen LogP contribution >= 0.6 is 0 Å². The molecular formula is C21H27N7O. The van der Waals surface area contributed by atoms with Crippen LogP contribution in [0.4, 0.5) is 5.69 Å². The largest absolute Gasteiger partial charge is 0.337 e. The van der Waals surface area contributed by atoms with Crippen LogP contribution < -0.4 is 10.6 Å². The number of benzene rings is 1. The monoisotopic (exact) mass is 393 g/mol. The van der Waals surface area contributed by atoms with Gasteiger partial charge < -0.3 is 15.2 Å². The predicted molar refractivity (Wildman–Crippen MR) is 112 cm³/mol. The van der Waals surface area contributed by atoms with Crippen LogP contribution in [0.15, 0.2) is 42.7 Å². The van der Waals surface area contributed by atoms with Gasteiger partial charge in [0.2, 0.25) is 5.91 Å². The van der Waals surface area contributed by atoms with E-state index in [1.54, 1.807) is 6.20 Å². The summed E-state index contributed by atoms with van der Waals surface area (Å²) in [5.41, 5.74) is 3.48. The number of imidazole rings is 1.